The molecule has 11 heteroatoms. The minimum Gasteiger partial charge on any atom is -0.463 e. The van der Waals surface area contributed by atoms with E-state index in [-0.39, 0.29) is 18.8 Å². The van der Waals surface area contributed by atoms with Gasteiger partial charge in [0.15, 0.2) is 6.23 Å². The zero-order valence-electron chi connectivity index (χ0n) is 12.5. The average molecular weight is 346 g/mol. The molecular formula is C13H18N2O9. The summed E-state index contributed by atoms with van der Waals surface area (Å²) in [6, 6.07) is 0. The molecule has 0 unspecified atom stereocenters. The molecule has 0 spiro atoms. The Labute approximate surface area is 134 Å². The van der Waals surface area contributed by atoms with E-state index in [1.807, 2.05) is 4.98 Å². The number of hydrogen-bond donors (Lipinski definition) is 5. The Morgan fingerprint density at radius 1 is 1.29 bits per heavy atom. The van der Waals surface area contributed by atoms with Gasteiger partial charge in [0.05, 0.1) is 19.6 Å². The number of aliphatic hydroxyl groups excluding tert-OH is 4. The lowest BCUT2D eigenvalue weighted by atomic mass is 10.1. The van der Waals surface area contributed by atoms with Crippen LogP contribution in [0.25, 0.3) is 0 Å². The topological polar surface area (TPSA) is 171 Å². The maximum Gasteiger partial charge on any atom is 0.330 e. The lowest BCUT2D eigenvalue weighted by molar-refractivity contribution is -0.143. The van der Waals surface area contributed by atoms with Crippen LogP contribution in [0.4, 0.5) is 0 Å². The highest BCUT2D eigenvalue weighted by Crippen LogP contribution is 2.27. The molecule has 1 aromatic rings. The largest absolute Gasteiger partial charge is 0.463 e. The summed E-state index contributed by atoms with van der Waals surface area (Å²) in [5.74, 6) is -0.791. The molecule has 0 aliphatic carbocycles. The fourth-order valence-corrected chi connectivity index (χ4v) is 2.32. The second-order valence-electron chi connectivity index (χ2n) is 5.17. The van der Waals surface area contributed by atoms with Crippen LogP contribution in [-0.4, -0.2) is 74.1 Å². The number of rotatable bonds is 6. The van der Waals surface area contributed by atoms with Gasteiger partial charge in [-0.2, -0.15) is 0 Å². The summed E-state index contributed by atoms with van der Waals surface area (Å²) in [5.41, 5.74) is -1.86. The zero-order valence-corrected chi connectivity index (χ0v) is 12.5. The molecule has 4 atom stereocenters. The summed E-state index contributed by atoms with van der Waals surface area (Å²) in [4.78, 5) is 37.2. The first-order valence-corrected chi connectivity index (χ1v) is 7.12. The first-order chi connectivity index (χ1) is 11.4. The Kier molecular flexibility index (Phi) is 5.85. The molecule has 1 aromatic heterocycles. The van der Waals surface area contributed by atoms with Crippen molar-refractivity contribution in [3.05, 3.63) is 32.6 Å². The second kappa shape index (κ2) is 7.68. The van der Waals surface area contributed by atoms with Gasteiger partial charge in [0, 0.05) is 11.8 Å². The van der Waals surface area contributed by atoms with Gasteiger partial charge in [0.25, 0.3) is 5.56 Å². The monoisotopic (exact) mass is 346 g/mol. The van der Waals surface area contributed by atoms with E-state index in [1.165, 1.54) is 0 Å². The number of hydrogen-bond acceptors (Lipinski definition) is 9. The maximum absolute atomic E-state index is 11.9. The highest BCUT2D eigenvalue weighted by Gasteiger charge is 2.43. The third kappa shape index (κ3) is 3.71. The normalized spacial score (nSPS) is 26.5. The van der Waals surface area contributed by atoms with Crippen molar-refractivity contribution in [2.75, 3.05) is 19.8 Å². The van der Waals surface area contributed by atoms with Gasteiger partial charge in [-0.3, -0.25) is 19.1 Å². The fourth-order valence-electron chi connectivity index (χ4n) is 2.32. The van der Waals surface area contributed by atoms with E-state index in [1.54, 1.807) is 0 Å². The van der Waals surface area contributed by atoms with E-state index < -0.39 is 54.8 Å². The van der Waals surface area contributed by atoms with Crippen LogP contribution in [-0.2, 0) is 20.7 Å². The molecule has 5 N–H and O–H groups in total. The summed E-state index contributed by atoms with van der Waals surface area (Å²) in [6.07, 6.45) is -4.82. The molecule has 0 aromatic carbocycles. The predicted molar refractivity (Wildman–Crippen MR) is 76.1 cm³/mol. The Morgan fingerprint density at radius 2 is 2.00 bits per heavy atom. The average Bonchev–Trinajstić information content (AvgIpc) is 2.83. The van der Waals surface area contributed by atoms with Crippen molar-refractivity contribution in [3.63, 3.8) is 0 Å². The molecule has 134 valence electrons. The predicted octanol–water partition coefficient (Wildman–Crippen LogP) is -3.77. The number of esters is 1. The molecule has 1 aliphatic rings. The van der Waals surface area contributed by atoms with Crippen LogP contribution >= 0.6 is 0 Å². The van der Waals surface area contributed by atoms with Gasteiger partial charge in [-0.05, 0) is 0 Å². The van der Waals surface area contributed by atoms with Gasteiger partial charge in [-0.15, -0.1) is 0 Å². The lowest BCUT2D eigenvalue weighted by Crippen LogP contribution is -2.39. The number of carbonyl (C=O) groups is 1. The van der Waals surface area contributed by atoms with Gasteiger partial charge in [0.2, 0.25) is 0 Å². The van der Waals surface area contributed by atoms with E-state index in [2.05, 4.69) is 4.74 Å². The number of nitrogens with one attached hydrogen (secondary N) is 1. The molecular weight excluding hydrogens is 328 g/mol. The molecule has 11 nitrogen and oxygen atoms in total. The van der Waals surface area contributed by atoms with Crippen LogP contribution < -0.4 is 11.2 Å². The first-order valence-electron chi connectivity index (χ1n) is 7.12. The van der Waals surface area contributed by atoms with Crippen molar-refractivity contribution in [2.45, 2.75) is 31.0 Å². The summed E-state index contributed by atoms with van der Waals surface area (Å²) in [7, 11) is 0. The van der Waals surface area contributed by atoms with Crippen molar-refractivity contribution >= 4 is 5.97 Å². The van der Waals surface area contributed by atoms with Crippen molar-refractivity contribution in [2.24, 2.45) is 0 Å². The minimum atomic E-state index is -1.51. The van der Waals surface area contributed by atoms with Crippen molar-refractivity contribution in [1.29, 1.82) is 0 Å². The molecule has 24 heavy (non-hydrogen) atoms. The Morgan fingerprint density at radius 3 is 2.58 bits per heavy atom. The van der Waals surface area contributed by atoms with Crippen LogP contribution in [0.15, 0.2) is 15.8 Å². The summed E-state index contributed by atoms with van der Waals surface area (Å²) in [5, 5.41) is 37.3. The molecule has 1 fully saturated rings. The number of H-pyrrole nitrogens is 1. The number of aromatic amines is 1. The maximum atomic E-state index is 11.9. The lowest BCUT2D eigenvalue weighted by Gasteiger charge is -2.17. The number of aliphatic hydroxyl groups is 4. The Bertz CT molecular complexity index is 697. The third-order valence-electron chi connectivity index (χ3n) is 3.52. The number of nitrogens with zero attached hydrogens (tertiary/aromatic N) is 1. The van der Waals surface area contributed by atoms with E-state index in [0.717, 1.165) is 10.8 Å². The van der Waals surface area contributed by atoms with Crippen LogP contribution in [0.5, 0.6) is 0 Å². The van der Waals surface area contributed by atoms with E-state index >= 15 is 0 Å². The molecule has 1 saturated heterocycles. The van der Waals surface area contributed by atoms with Crippen LogP contribution in [0.3, 0.4) is 0 Å². The SMILES string of the molecule is O=C(Cc1cn([C@@H]2O[C@H](CO)[C@@H](O)[C@H]2O)c(=O)[nH]c1=O)OCCO. The summed E-state index contributed by atoms with van der Waals surface area (Å²) >= 11 is 0. The molecule has 0 saturated carbocycles. The van der Waals surface area contributed by atoms with Crippen LogP contribution in [0.2, 0.25) is 0 Å². The van der Waals surface area contributed by atoms with Gasteiger partial charge in [-0.1, -0.05) is 0 Å². The number of ether oxygens (including phenoxy) is 2. The van der Waals surface area contributed by atoms with Crippen LogP contribution in [0.1, 0.15) is 11.8 Å². The van der Waals surface area contributed by atoms with Crippen molar-refractivity contribution in [3.8, 4) is 0 Å². The first kappa shape index (κ1) is 18.3. The standard InChI is InChI=1S/C13H18N2O9/c16-1-2-23-8(18)3-6-4-15(13(22)14-11(6)21)12-10(20)9(19)7(5-17)24-12/h4,7,9-10,12,16-17,19-20H,1-3,5H2,(H,14,21,22)/t7-,9-,10-,12-/m1/s1. The summed E-state index contributed by atoms with van der Waals surface area (Å²) < 4.78 is 10.7. The van der Waals surface area contributed by atoms with Gasteiger partial charge in [0.1, 0.15) is 24.9 Å². The van der Waals surface area contributed by atoms with Gasteiger partial charge >= 0.3 is 11.7 Å². The molecule has 2 heterocycles. The Hall–Kier alpha value is -2.05. The van der Waals surface area contributed by atoms with Gasteiger partial charge < -0.3 is 29.9 Å². The number of carbonyl (C=O) groups excluding carboxylic acids is 1. The fraction of sp³-hybridized carbons (Fsp3) is 0.615. The third-order valence-corrected chi connectivity index (χ3v) is 3.52. The Balaban J connectivity index is 2.28. The molecule has 1 aliphatic heterocycles. The molecule has 0 bridgehead atoms. The van der Waals surface area contributed by atoms with Crippen molar-refractivity contribution in [1.82, 2.24) is 9.55 Å². The molecule has 2 rings (SSSR count). The molecule has 0 amide bonds. The molecule has 0 radical (unpaired) electrons. The highest BCUT2D eigenvalue weighted by molar-refractivity contribution is 5.72. The van der Waals surface area contributed by atoms with Crippen molar-refractivity contribution < 1.29 is 34.7 Å². The highest BCUT2D eigenvalue weighted by atomic mass is 16.6. The van der Waals surface area contributed by atoms with E-state index in [9.17, 15) is 24.6 Å². The summed E-state index contributed by atoms with van der Waals surface area (Å²) in [6.45, 7) is -1.18. The number of aromatic nitrogens is 2. The smallest absolute Gasteiger partial charge is 0.330 e. The minimum absolute atomic E-state index is 0.129. The van der Waals surface area contributed by atoms with Gasteiger partial charge in [-0.25, -0.2) is 4.79 Å². The van der Waals surface area contributed by atoms with E-state index in [4.69, 9.17) is 14.9 Å². The van der Waals surface area contributed by atoms with E-state index in [0.29, 0.717) is 0 Å². The zero-order chi connectivity index (χ0) is 17.9. The quantitative estimate of drug-likeness (QED) is 0.324. The second-order valence-corrected chi connectivity index (χ2v) is 5.17. The van der Waals surface area contributed by atoms with Crippen LogP contribution in [0, 0.1) is 0 Å².